The molecule has 1 aromatic heterocycles. The number of benzene rings is 3. The molecule has 198 valence electrons. The topological polar surface area (TPSA) is 84.7 Å². The summed E-state index contributed by atoms with van der Waals surface area (Å²) < 4.78 is 7.81. The second kappa shape index (κ2) is 11.6. The maximum absolute atomic E-state index is 13.3. The van der Waals surface area contributed by atoms with E-state index in [1.165, 1.54) is 4.90 Å². The van der Waals surface area contributed by atoms with Crippen molar-refractivity contribution in [1.82, 2.24) is 14.5 Å². The smallest absolute Gasteiger partial charge is 0.295 e. The summed E-state index contributed by atoms with van der Waals surface area (Å²) in [4.78, 5) is 32.0. The van der Waals surface area contributed by atoms with Gasteiger partial charge in [0.15, 0.2) is 0 Å². The van der Waals surface area contributed by atoms with E-state index in [0.29, 0.717) is 48.0 Å². The Bertz CT molecular complexity index is 1500. The molecule has 4 aromatic rings. The molecule has 1 N–H and O–H groups in total. The highest BCUT2D eigenvalue weighted by Crippen LogP contribution is 2.40. The Kier molecular flexibility index (Phi) is 7.79. The Balaban J connectivity index is 1.41. The van der Waals surface area contributed by atoms with Crippen LogP contribution in [0.5, 0.6) is 5.75 Å². The largest absolute Gasteiger partial charge is 0.507 e. The molecule has 3 aromatic carbocycles. The normalized spacial score (nSPS) is 16.6. The van der Waals surface area contributed by atoms with Gasteiger partial charge in [0, 0.05) is 36.1 Å². The number of Topliss-reactive ketones (excluding diaryl/α,β-unsaturated/α-hetero) is 1. The van der Waals surface area contributed by atoms with E-state index in [1.54, 1.807) is 61.1 Å². The fourth-order valence-electron chi connectivity index (χ4n) is 4.78. The van der Waals surface area contributed by atoms with Crippen LogP contribution in [0.4, 0.5) is 0 Å². The zero-order valence-corrected chi connectivity index (χ0v) is 22.2. The minimum Gasteiger partial charge on any atom is -0.507 e. The average Bonchev–Trinajstić information content (AvgIpc) is 3.55. The summed E-state index contributed by atoms with van der Waals surface area (Å²) in [5, 5.41) is 11.9. The number of ketones is 1. The molecule has 1 aliphatic heterocycles. The van der Waals surface area contributed by atoms with Crippen molar-refractivity contribution in [3.05, 3.63) is 124 Å². The number of nitrogens with zero attached hydrogens (tertiary/aromatic N) is 3. The molecule has 7 nitrogen and oxygen atoms in total. The van der Waals surface area contributed by atoms with Crippen molar-refractivity contribution < 1.29 is 19.4 Å². The molecule has 0 saturated carbocycles. The van der Waals surface area contributed by atoms with Crippen molar-refractivity contribution in [2.24, 2.45) is 0 Å². The van der Waals surface area contributed by atoms with Crippen LogP contribution in [0, 0.1) is 6.92 Å². The van der Waals surface area contributed by atoms with Gasteiger partial charge in [-0.1, -0.05) is 53.6 Å². The van der Waals surface area contributed by atoms with Crippen molar-refractivity contribution in [1.29, 1.82) is 0 Å². The van der Waals surface area contributed by atoms with E-state index in [4.69, 9.17) is 16.3 Å². The summed E-state index contributed by atoms with van der Waals surface area (Å²) in [6.07, 6.45) is 5.86. The van der Waals surface area contributed by atoms with Gasteiger partial charge in [0.05, 0.1) is 17.9 Å². The minimum atomic E-state index is -0.734. The van der Waals surface area contributed by atoms with Gasteiger partial charge in [0.1, 0.15) is 18.1 Å². The van der Waals surface area contributed by atoms with E-state index in [0.717, 1.165) is 11.1 Å². The van der Waals surface area contributed by atoms with Crippen molar-refractivity contribution in [3.8, 4) is 5.75 Å². The van der Waals surface area contributed by atoms with Crippen LogP contribution in [-0.4, -0.2) is 37.8 Å². The number of aryl methyl sites for hydroxylation is 2. The third kappa shape index (κ3) is 5.89. The van der Waals surface area contributed by atoms with Crippen molar-refractivity contribution in [2.45, 2.75) is 32.5 Å². The van der Waals surface area contributed by atoms with Crippen LogP contribution in [-0.2, 0) is 22.7 Å². The fraction of sp³-hybridized carbons (Fsp3) is 0.194. The number of rotatable bonds is 9. The van der Waals surface area contributed by atoms with Crippen LogP contribution in [0.3, 0.4) is 0 Å². The third-order valence-electron chi connectivity index (χ3n) is 6.72. The number of hydrogen-bond acceptors (Lipinski definition) is 5. The first kappa shape index (κ1) is 26.3. The second-order valence-electron chi connectivity index (χ2n) is 9.50. The summed E-state index contributed by atoms with van der Waals surface area (Å²) in [6, 6.07) is 21.2. The quantitative estimate of drug-likeness (QED) is 0.161. The molecule has 1 amide bonds. The Hall–Kier alpha value is -4.36. The number of aliphatic hydroxyl groups is 1. The van der Waals surface area contributed by atoms with Crippen LogP contribution in [0.2, 0.25) is 5.02 Å². The number of aromatic nitrogens is 2. The highest BCUT2D eigenvalue weighted by atomic mass is 35.5. The molecule has 0 radical (unpaired) electrons. The van der Waals surface area contributed by atoms with Gasteiger partial charge in [-0.25, -0.2) is 4.98 Å². The van der Waals surface area contributed by atoms with Crippen molar-refractivity contribution >= 4 is 29.1 Å². The summed E-state index contributed by atoms with van der Waals surface area (Å²) in [5.74, 6) is -0.951. The lowest BCUT2D eigenvalue weighted by Gasteiger charge is -2.25. The zero-order valence-electron chi connectivity index (χ0n) is 21.5. The van der Waals surface area contributed by atoms with Crippen LogP contribution < -0.4 is 4.74 Å². The van der Waals surface area contributed by atoms with Crippen molar-refractivity contribution in [2.75, 3.05) is 6.54 Å². The number of aliphatic hydroxyl groups excluding tert-OH is 1. The number of carbonyl (C=O) groups excluding carboxylic acids is 2. The number of imidazole rings is 1. The highest BCUT2D eigenvalue weighted by Gasteiger charge is 2.45. The molecule has 0 aliphatic carbocycles. The molecular formula is C31H28ClN3O4. The molecule has 2 heterocycles. The van der Waals surface area contributed by atoms with Gasteiger partial charge in [-0.3, -0.25) is 9.59 Å². The number of halogens is 1. The van der Waals surface area contributed by atoms with E-state index in [-0.39, 0.29) is 11.3 Å². The van der Waals surface area contributed by atoms with Gasteiger partial charge in [0.25, 0.3) is 11.7 Å². The standard InChI is InChI=1S/C31H28ClN3O4/c1-21-4-2-5-22(18-21)19-39-26-12-8-24(9-13-26)29(36)27-28(23-6-10-25(32)11-7-23)35(31(38)30(27)37)16-3-15-34-17-14-33-20-34/h2,4-14,17-18,20,28,36H,3,15-16,19H2,1H3/b29-27-. The number of carbonyl (C=O) groups is 2. The van der Waals surface area contributed by atoms with Crippen LogP contribution in [0.25, 0.3) is 5.76 Å². The molecule has 39 heavy (non-hydrogen) atoms. The van der Waals surface area contributed by atoms with E-state index in [9.17, 15) is 14.7 Å². The summed E-state index contributed by atoms with van der Waals surface area (Å²) in [6.45, 7) is 3.41. The minimum absolute atomic E-state index is 0.0541. The molecule has 0 bridgehead atoms. The fourth-order valence-corrected chi connectivity index (χ4v) is 4.90. The highest BCUT2D eigenvalue weighted by molar-refractivity contribution is 6.46. The number of likely N-dealkylation sites (tertiary alicyclic amines) is 1. The summed E-state index contributed by atoms with van der Waals surface area (Å²) in [5.41, 5.74) is 3.38. The molecular weight excluding hydrogens is 514 g/mol. The first-order valence-electron chi connectivity index (χ1n) is 12.7. The predicted molar refractivity (Wildman–Crippen MR) is 149 cm³/mol. The maximum atomic E-state index is 13.3. The Morgan fingerprint density at radius 2 is 1.79 bits per heavy atom. The van der Waals surface area contributed by atoms with Crippen LogP contribution in [0.1, 0.15) is 34.7 Å². The second-order valence-corrected chi connectivity index (χ2v) is 9.94. The van der Waals surface area contributed by atoms with Gasteiger partial charge in [-0.05, 0) is 60.9 Å². The molecule has 1 fully saturated rings. The molecule has 5 rings (SSSR count). The van der Waals surface area contributed by atoms with E-state index >= 15 is 0 Å². The first-order valence-corrected chi connectivity index (χ1v) is 13.1. The average molecular weight is 542 g/mol. The first-order chi connectivity index (χ1) is 18.9. The van der Waals surface area contributed by atoms with Gasteiger partial charge >= 0.3 is 0 Å². The van der Waals surface area contributed by atoms with Crippen LogP contribution >= 0.6 is 11.6 Å². The monoisotopic (exact) mass is 541 g/mol. The third-order valence-corrected chi connectivity index (χ3v) is 6.97. The molecule has 1 saturated heterocycles. The zero-order chi connectivity index (χ0) is 27.4. The van der Waals surface area contributed by atoms with Gasteiger partial charge in [-0.15, -0.1) is 0 Å². The van der Waals surface area contributed by atoms with E-state index in [2.05, 4.69) is 11.1 Å². The molecule has 8 heteroatoms. The molecule has 1 aliphatic rings. The van der Waals surface area contributed by atoms with Crippen molar-refractivity contribution in [3.63, 3.8) is 0 Å². The van der Waals surface area contributed by atoms with Gasteiger partial charge < -0.3 is 19.3 Å². The SMILES string of the molecule is Cc1cccc(COc2ccc(/C(O)=C3/C(=O)C(=O)N(CCCn4ccnc4)C3c3ccc(Cl)cc3)cc2)c1. The maximum Gasteiger partial charge on any atom is 0.295 e. The van der Waals surface area contributed by atoms with Gasteiger partial charge in [0.2, 0.25) is 0 Å². The van der Waals surface area contributed by atoms with Gasteiger partial charge in [-0.2, -0.15) is 0 Å². The summed E-state index contributed by atoms with van der Waals surface area (Å²) in [7, 11) is 0. The lowest BCUT2D eigenvalue weighted by Crippen LogP contribution is -2.31. The number of ether oxygens (including phenoxy) is 1. The Labute approximate surface area is 231 Å². The molecule has 1 atom stereocenters. The summed E-state index contributed by atoms with van der Waals surface area (Å²) >= 11 is 6.11. The van der Waals surface area contributed by atoms with E-state index in [1.807, 2.05) is 35.9 Å². The number of amides is 1. The molecule has 0 spiro atoms. The lowest BCUT2D eigenvalue weighted by molar-refractivity contribution is -0.139. The Morgan fingerprint density at radius 1 is 1.03 bits per heavy atom. The lowest BCUT2D eigenvalue weighted by atomic mass is 9.95. The number of hydrogen-bond donors (Lipinski definition) is 1. The van der Waals surface area contributed by atoms with Crippen LogP contribution in [0.15, 0.2) is 97.1 Å². The predicted octanol–water partition coefficient (Wildman–Crippen LogP) is 5.94. The molecule has 1 unspecified atom stereocenters. The van der Waals surface area contributed by atoms with E-state index < -0.39 is 17.7 Å². The Morgan fingerprint density at radius 3 is 2.49 bits per heavy atom.